The van der Waals surface area contributed by atoms with Crippen LogP contribution in [0.2, 0.25) is 0 Å². The summed E-state index contributed by atoms with van der Waals surface area (Å²) in [5, 5.41) is 0. The predicted molar refractivity (Wildman–Crippen MR) is 81.6 cm³/mol. The molecule has 5 heteroatoms. The minimum absolute atomic E-state index is 0.640. The number of fused-ring (bicyclic) bond motifs is 1. The van der Waals surface area contributed by atoms with Crippen LogP contribution in [0.1, 0.15) is 0 Å². The molecule has 2 aromatic carbocycles. The van der Waals surface area contributed by atoms with Crippen LogP contribution >= 0.6 is 12.2 Å². The van der Waals surface area contributed by atoms with Crippen LogP contribution in [0.15, 0.2) is 42.5 Å². The SMILES string of the molecule is COc1cccc(-n2c(=S)[nH]c3cc(OC)ccc32)c1. The Balaban J connectivity index is 2.25. The highest BCUT2D eigenvalue weighted by molar-refractivity contribution is 7.71. The van der Waals surface area contributed by atoms with E-state index in [9.17, 15) is 0 Å². The Bertz CT molecular complexity index is 820. The number of nitrogens with zero attached hydrogens (tertiary/aromatic N) is 1. The van der Waals surface area contributed by atoms with Gasteiger partial charge in [-0.2, -0.15) is 0 Å². The van der Waals surface area contributed by atoms with Crippen molar-refractivity contribution in [3.05, 3.63) is 47.2 Å². The fraction of sp³-hybridized carbons (Fsp3) is 0.133. The first-order valence-corrected chi connectivity index (χ1v) is 6.57. The van der Waals surface area contributed by atoms with Crippen molar-refractivity contribution in [2.45, 2.75) is 0 Å². The van der Waals surface area contributed by atoms with Crippen LogP contribution in [0.5, 0.6) is 11.5 Å². The minimum atomic E-state index is 0.640. The zero-order chi connectivity index (χ0) is 14.1. The maximum absolute atomic E-state index is 5.42. The normalized spacial score (nSPS) is 10.7. The van der Waals surface area contributed by atoms with Crippen molar-refractivity contribution in [1.29, 1.82) is 0 Å². The van der Waals surface area contributed by atoms with Crippen LogP contribution in [0.4, 0.5) is 0 Å². The van der Waals surface area contributed by atoms with E-state index in [4.69, 9.17) is 21.7 Å². The summed E-state index contributed by atoms with van der Waals surface area (Å²) < 4.78 is 13.1. The summed E-state index contributed by atoms with van der Waals surface area (Å²) in [5.41, 5.74) is 2.91. The quantitative estimate of drug-likeness (QED) is 0.746. The average molecular weight is 286 g/mol. The molecule has 3 rings (SSSR count). The molecule has 20 heavy (non-hydrogen) atoms. The van der Waals surface area contributed by atoms with E-state index in [0.29, 0.717) is 4.77 Å². The zero-order valence-electron chi connectivity index (χ0n) is 11.2. The molecular weight excluding hydrogens is 272 g/mol. The molecule has 1 heterocycles. The maximum atomic E-state index is 5.42. The molecule has 0 amide bonds. The van der Waals surface area contributed by atoms with Crippen LogP contribution in [-0.4, -0.2) is 23.8 Å². The number of imidazole rings is 1. The highest BCUT2D eigenvalue weighted by Crippen LogP contribution is 2.25. The van der Waals surface area contributed by atoms with Crippen LogP contribution in [0.25, 0.3) is 16.7 Å². The molecule has 0 bridgehead atoms. The van der Waals surface area contributed by atoms with Crippen molar-refractivity contribution in [1.82, 2.24) is 9.55 Å². The van der Waals surface area contributed by atoms with E-state index < -0.39 is 0 Å². The molecule has 4 nitrogen and oxygen atoms in total. The standard InChI is InChI=1S/C15H14N2O2S/c1-18-11-5-3-4-10(8-11)17-14-7-6-12(19-2)9-13(14)16-15(17)20/h3-9H,1-2H3,(H,16,20). The van der Waals surface area contributed by atoms with Crippen molar-refractivity contribution in [2.24, 2.45) is 0 Å². The van der Waals surface area contributed by atoms with E-state index in [1.807, 2.05) is 47.0 Å². The average Bonchev–Trinajstić information content (AvgIpc) is 2.82. The number of ether oxygens (including phenoxy) is 2. The van der Waals surface area contributed by atoms with E-state index >= 15 is 0 Å². The van der Waals surface area contributed by atoms with Crippen molar-refractivity contribution < 1.29 is 9.47 Å². The van der Waals surface area contributed by atoms with Gasteiger partial charge in [0.05, 0.1) is 30.9 Å². The first kappa shape index (κ1) is 12.7. The van der Waals surface area contributed by atoms with Gasteiger partial charge in [-0.3, -0.25) is 4.57 Å². The van der Waals surface area contributed by atoms with Gasteiger partial charge in [0.15, 0.2) is 4.77 Å². The molecule has 0 aliphatic heterocycles. The molecule has 0 aliphatic carbocycles. The van der Waals surface area contributed by atoms with E-state index in [-0.39, 0.29) is 0 Å². The van der Waals surface area contributed by atoms with E-state index in [1.54, 1.807) is 14.2 Å². The Kier molecular flexibility index (Phi) is 3.20. The predicted octanol–water partition coefficient (Wildman–Crippen LogP) is 3.71. The lowest BCUT2D eigenvalue weighted by Crippen LogP contribution is -1.94. The van der Waals surface area contributed by atoms with E-state index in [0.717, 1.165) is 28.2 Å². The van der Waals surface area contributed by atoms with Crippen LogP contribution in [0.3, 0.4) is 0 Å². The molecule has 0 unspecified atom stereocenters. The summed E-state index contributed by atoms with van der Waals surface area (Å²) in [6.07, 6.45) is 0. The third kappa shape index (κ3) is 2.06. The number of rotatable bonds is 3. The number of aromatic nitrogens is 2. The summed E-state index contributed by atoms with van der Waals surface area (Å²) in [6.45, 7) is 0. The summed E-state index contributed by atoms with van der Waals surface area (Å²) >= 11 is 5.42. The van der Waals surface area contributed by atoms with E-state index in [1.165, 1.54) is 0 Å². The van der Waals surface area contributed by atoms with Crippen molar-refractivity contribution in [2.75, 3.05) is 14.2 Å². The number of benzene rings is 2. The monoisotopic (exact) mass is 286 g/mol. The number of methoxy groups -OCH3 is 2. The molecule has 1 N–H and O–H groups in total. The Morgan fingerprint density at radius 1 is 1.00 bits per heavy atom. The minimum Gasteiger partial charge on any atom is -0.497 e. The summed E-state index contributed by atoms with van der Waals surface area (Å²) in [5.74, 6) is 1.60. The third-order valence-electron chi connectivity index (χ3n) is 3.20. The molecule has 0 fully saturated rings. The van der Waals surface area contributed by atoms with Crippen LogP contribution < -0.4 is 9.47 Å². The van der Waals surface area contributed by atoms with Gasteiger partial charge >= 0.3 is 0 Å². The van der Waals surface area contributed by atoms with Gasteiger partial charge in [0.25, 0.3) is 0 Å². The smallest absolute Gasteiger partial charge is 0.182 e. The molecule has 0 saturated carbocycles. The molecule has 102 valence electrons. The fourth-order valence-corrected chi connectivity index (χ4v) is 2.54. The van der Waals surface area contributed by atoms with Gasteiger partial charge in [0.1, 0.15) is 11.5 Å². The lowest BCUT2D eigenvalue weighted by molar-refractivity contribution is 0.414. The Hall–Kier alpha value is -2.27. The second-order valence-electron chi connectivity index (χ2n) is 4.35. The van der Waals surface area contributed by atoms with E-state index in [2.05, 4.69) is 4.98 Å². The van der Waals surface area contributed by atoms with Gasteiger partial charge < -0.3 is 14.5 Å². The highest BCUT2D eigenvalue weighted by atomic mass is 32.1. The first-order chi connectivity index (χ1) is 9.72. The van der Waals surface area contributed by atoms with Gasteiger partial charge in [0, 0.05) is 12.1 Å². The Labute approximate surface area is 121 Å². The zero-order valence-corrected chi connectivity index (χ0v) is 12.0. The molecule has 1 aromatic heterocycles. The number of nitrogens with one attached hydrogen (secondary N) is 1. The van der Waals surface area contributed by atoms with Gasteiger partial charge in [-0.1, -0.05) is 6.07 Å². The molecule has 0 spiro atoms. The summed E-state index contributed by atoms with van der Waals surface area (Å²) in [6, 6.07) is 13.6. The molecule has 0 radical (unpaired) electrons. The van der Waals surface area contributed by atoms with Crippen LogP contribution in [0, 0.1) is 4.77 Å². The van der Waals surface area contributed by atoms with Crippen LogP contribution in [-0.2, 0) is 0 Å². The van der Waals surface area contributed by atoms with Gasteiger partial charge in [-0.05, 0) is 36.5 Å². The second-order valence-corrected chi connectivity index (χ2v) is 4.74. The van der Waals surface area contributed by atoms with Gasteiger partial charge in [-0.25, -0.2) is 0 Å². The van der Waals surface area contributed by atoms with Crippen molar-refractivity contribution in [3.63, 3.8) is 0 Å². The first-order valence-electron chi connectivity index (χ1n) is 6.16. The number of hydrogen-bond donors (Lipinski definition) is 1. The second kappa shape index (κ2) is 5.02. The summed E-state index contributed by atoms with van der Waals surface area (Å²) in [7, 11) is 3.30. The topological polar surface area (TPSA) is 39.2 Å². The highest BCUT2D eigenvalue weighted by Gasteiger charge is 2.08. The third-order valence-corrected chi connectivity index (χ3v) is 3.49. The maximum Gasteiger partial charge on any atom is 0.182 e. The van der Waals surface area contributed by atoms with Crippen molar-refractivity contribution in [3.8, 4) is 17.2 Å². The molecule has 3 aromatic rings. The molecular formula is C15H14N2O2S. The summed E-state index contributed by atoms with van der Waals surface area (Å²) in [4.78, 5) is 3.19. The number of hydrogen-bond acceptors (Lipinski definition) is 3. The number of H-pyrrole nitrogens is 1. The molecule has 0 aliphatic rings. The lowest BCUT2D eigenvalue weighted by Gasteiger charge is -2.07. The lowest BCUT2D eigenvalue weighted by atomic mass is 10.2. The Morgan fingerprint density at radius 3 is 2.50 bits per heavy atom. The Morgan fingerprint density at radius 2 is 1.75 bits per heavy atom. The number of aromatic amines is 1. The van der Waals surface area contributed by atoms with Crippen molar-refractivity contribution >= 4 is 23.3 Å². The molecule has 0 saturated heterocycles. The van der Waals surface area contributed by atoms with Gasteiger partial charge in [0.2, 0.25) is 0 Å². The fourth-order valence-electron chi connectivity index (χ4n) is 2.22. The largest absolute Gasteiger partial charge is 0.497 e. The molecule has 0 atom stereocenters. The van der Waals surface area contributed by atoms with Gasteiger partial charge in [-0.15, -0.1) is 0 Å².